The van der Waals surface area contributed by atoms with E-state index in [9.17, 15) is 4.79 Å². The van der Waals surface area contributed by atoms with Crippen LogP contribution in [0.4, 0.5) is 5.69 Å². The fraction of sp³-hybridized carbons (Fsp3) is 0.562. The molecule has 1 aliphatic heterocycles. The lowest BCUT2D eigenvalue weighted by Gasteiger charge is -2.31. The van der Waals surface area contributed by atoms with Crippen LogP contribution in [0.2, 0.25) is 0 Å². The molecule has 0 radical (unpaired) electrons. The second-order valence-electron chi connectivity index (χ2n) is 5.58. The monoisotopic (exact) mass is 260 g/mol. The molecule has 0 aromatic heterocycles. The third kappa shape index (κ3) is 3.57. The zero-order valence-corrected chi connectivity index (χ0v) is 12.2. The van der Waals surface area contributed by atoms with Gasteiger partial charge in [0.25, 0.3) is 0 Å². The van der Waals surface area contributed by atoms with Gasteiger partial charge in [0.2, 0.25) is 5.91 Å². The summed E-state index contributed by atoms with van der Waals surface area (Å²) in [5.41, 5.74) is 3.23. The standard InChI is InChI=1S/C16H24N2O/c1-12-7-8-13(2)15(11-12)17-16(19)14(3)18-9-5-4-6-10-18/h7-8,11,14H,4-6,9-10H2,1-3H3,(H,17,19)/t14-/m1/s1. The number of nitrogens with one attached hydrogen (secondary N) is 1. The number of likely N-dealkylation sites (tertiary alicyclic amines) is 1. The van der Waals surface area contributed by atoms with Crippen molar-refractivity contribution >= 4 is 11.6 Å². The fourth-order valence-electron chi connectivity index (χ4n) is 2.58. The average molecular weight is 260 g/mol. The summed E-state index contributed by atoms with van der Waals surface area (Å²) in [6.07, 6.45) is 3.71. The van der Waals surface area contributed by atoms with Gasteiger partial charge in [0.05, 0.1) is 6.04 Å². The minimum Gasteiger partial charge on any atom is -0.324 e. The maximum atomic E-state index is 12.3. The average Bonchev–Trinajstić information content (AvgIpc) is 2.43. The first kappa shape index (κ1) is 14.1. The molecule has 0 unspecified atom stereocenters. The number of piperidine rings is 1. The molecule has 1 saturated heterocycles. The quantitative estimate of drug-likeness (QED) is 0.905. The van der Waals surface area contributed by atoms with Crippen LogP contribution in [-0.4, -0.2) is 29.9 Å². The number of rotatable bonds is 3. The highest BCUT2D eigenvalue weighted by Crippen LogP contribution is 2.18. The van der Waals surface area contributed by atoms with Crippen molar-refractivity contribution in [2.45, 2.75) is 46.1 Å². The molecule has 1 heterocycles. The Bertz CT molecular complexity index is 450. The fourth-order valence-corrected chi connectivity index (χ4v) is 2.58. The van der Waals surface area contributed by atoms with Gasteiger partial charge in [-0.1, -0.05) is 18.6 Å². The first-order valence-corrected chi connectivity index (χ1v) is 7.20. The smallest absolute Gasteiger partial charge is 0.241 e. The summed E-state index contributed by atoms with van der Waals surface area (Å²) in [4.78, 5) is 14.6. The number of hydrogen-bond acceptors (Lipinski definition) is 2. The van der Waals surface area contributed by atoms with E-state index in [-0.39, 0.29) is 11.9 Å². The number of hydrogen-bond donors (Lipinski definition) is 1. The van der Waals surface area contributed by atoms with Crippen molar-refractivity contribution in [3.05, 3.63) is 29.3 Å². The van der Waals surface area contributed by atoms with E-state index in [0.717, 1.165) is 24.3 Å². The molecule has 1 N–H and O–H groups in total. The summed E-state index contributed by atoms with van der Waals surface area (Å²) >= 11 is 0. The molecular weight excluding hydrogens is 236 g/mol. The minimum absolute atomic E-state index is 0.0415. The van der Waals surface area contributed by atoms with Gasteiger partial charge in [-0.05, 0) is 63.9 Å². The Balaban J connectivity index is 2.01. The lowest BCUT2D eigenvalue weighted by atomic mass is 10.1. The highest BCUT2D eigenvalue weighted by molar-refractivity contribution is 5.95. The predicted molar refractivity (Wildman–Crippen MR) is 79.4 cm³/mol. The summed E-state index contributed by atoms with van der Waals surface area (Å²) in [6, 6.07) is 6.12. The Morgan fingerprint density at radius 2 is 1.89 bits per heavy atom. The first-order chi connectivity index (χ1) is 9.08. The first-order valence-electron chi connectivity index (χ1n) is 7.20. The Hall–Kier alpha value is -1.35. The Morgan fingerprint density at radius 1 is 1.21 bits per heavy atom. The van der Waals surface area contributed by atoms with Gasteiger partial charge in [-0.2, -0.15) is 0 Å². The van der Waals surface area contributed by atoms with Crippen molar-refractivity contribution < 1.29 is 4.79 Å². The Morgan fingerprint density at radius 3 is 2.58 bits per heavy atom. The van der Waals surface area contributed by atoms with Gasteiger partial charge in [0.1, 0.15) is 0 Å². The molecule has 1 aromatic rings. The van der Waals surface area contributed by atoms with E-state index in [4.69, 9.17) is 0 Å². The molecule has 3 nitrogen and oxygen atoms in total. The molecule has 0 saturated carbocycles. The summed E-state index contributed by atoms with van der Waals surface area (Å²) < 4.78 is 0. The van der Waals surface area contributed by atoms with Gasteiger partial charge in [0, 0.05) is 5.69 Å². The molecule has 1 aliphatic rings. The second-order valence-corrected chi connectivity index (χ2v) is 5.58. The molecule has 1 amide bonds. The van der Waals surface area contributed by atoms with E-state index in [0.29, 0.717) is 0 Å². The van der Waals surface area contributed by atoms with Gasteiger partial charge in [-0.15, -0.1) is 0 Å². The number of carbonyl (C=O) groups excluding carboxylic acids is 1. The molecule has 1 atom stereocenters. The molecule has 0 bridgehead atoms. The van der Waals surface area contributed by atoms with Crippen molar-refractivity contribution in [2.75, 3.05) is 18.4 Å². The van der Waals surface area contributed by atoms with Gasteiger partial charge in [-0.25, -0.2) is 0 Å². The zero-order chi connectivity index (χ0) is 13.8. The van der Waals surface area contributed by atoms with Crippen molar-refractivity contribution in [3.8, 4) is 0 Å². The maximum Gasteiger partial charge on any atom is 0.241 e. The summed E-state index contributed by atoms with van der Waals surface area (Å²) in [6.45, 7) is 8.17. The molecule has 0 spiro atoms. The SMILES string of the molecule is Cc1ccc(C)c(NC(=O)[C@@H](C)N2CCCCC2)c1. The van der Waals surface area contributed by atoms with Crippen LogP contribution in [0, 0.1) is 13.8 Å². The molecule has 1 aromatic carbocycles. The van der Waals surface area contributed by atoms with Gasteiger partial charge in [0.15, 0.2) is 0 Å². The molecule has 104 valence electrons. The van der Waals surface area contributed by atoms with Crippen molar-refractivity contribution in [1.29, 1.82) is 0 Å². The summed E-state index contributed by atoms with van der Waals surface area (Å²) in [5.74, 6) is 0.107. The van der Waals surface area contributed by atoms with Crippen molar-refractivity contribution in [3.63, 3.8) is 0 Å². The lowest BCUT2D eigenvalue weighted by Crippen LogP contribution is -2.44. The Kier molecular flexibility index (Phi) is 4.59. The molecule has 2 rings (SSSR count). The number of nitrogens with zero attached hydrogens (tertiary/aromatic N) is 1. The van der Waals surface area contributed by atoms with Gasteiger partial charge < -0.3 is 5.32 Å². The topological polar surface area (TPSA) is 32.3 Å². The number of benzene rings is 1. The molecule has 19 heavy (non-hydrogen) atoms. The number of aryl methyl sites for hydroxylation is 2. The van der Waals surface area contributed by atoms with Crippen molar-refractivity contribution in [1.82, 2.24) is 4.90 Å². The lowest BCUT2D eigenvalue weighted by molar-refractivity contribution is -0.121. The maximum absolute atomic E-state index is 12.3. The summed E-state index contributed by atoms with van der Waals surface area (Å²) in [7, 11) is 0. The highest BCUT2D eigenvalue weighted by atomic mass is 16.2. The molecule has 3 heteroatoms. The Labute approximate surface area is 116 Å². The van der Waals surface area contributed by atoms with E-state index in [2.05, 4.69) is 22.3 Å². The predicted octanol–water partition coefficient (Wildman–Crippen LogP) is 3.12. The van der Waals surface area contributed by atoms with Gasteiger partial charge >= 0.3 is 0 Å². The van der Waals surface area contributed by atoms with Crippen LogP contribution < -0.4 is 5.32 Å². The largest absolute Gasteiger partial charge is 0.324 e. The van der Waals surface area contributed by atoms with E-state index in [1.165, 1.54) is 24.8 Å². The number of carbonyl (C=O) groups is 1. The van der Waals surface area contributed by atoms with Crippen LogP contribution in [0.15, 0.2) is 18.2 Å². The van der Waals surface area contributed by atoms with Gasteiger partial charge in [-0.3, -0.25) is 9.69 Å². The van der Waals surface area contributed by atoms with Crippen LogP contribution in [0.25, 0.3) is 0 Å². The number of amides is 1. The zero-order valence-electron chi connectivity index (χ0n) is 12.2. The third-order valence-electron chi connectivity index (χ3n) is 3.97. The van der Waals surface area contributed by atoms with Crippen LogP contribution in [-0.2, 0) is 4.79 Å². The molecule has 1 fully saturated rings. The molecular formula is C16H24N2O. The second kappa shape index (κ2) is 6.20. The van der Waals surface area contributed by atoms with E-state index < -0.39 is 0 Å². The normalized spacial score (nSPS) is 18.1. The summed E-state index contributed by atoms with van der Waals surface area (Å²) in [5, 5.41) is 3.07. The van der Waals surface area contributed by atoms with Crippen LogP contribution >= 0.6 is 0 Å². The third-order valence-corrected chi connectivity index (χ3v) is 3.97. The highest BCUT2D eigenvalue weighted by Gasteiger charge is 2.22. The minimum atomic E-state index is -0.0415. The van der Waals surface area contributed by atoms with Crippen LogP contribution in [0.1, 0.15) is 37.3 Å². The molecule has 0 aliphatic carbocycles. The van der Waals surface area contributed by atoms with Crippen LogP contribution in [0.3, 0.4) is 0 Å². The van der Waals surface area contributed by atoms with E-state index in [1.54, 1.807) is 0 Å². The van der Waals surface area contributed by atoms with Crippen molar-refractivity contribution in [2.24, 2.45) is 0 Å². The van der Waals surface area contributed by atoms with Crippen LogP contribution in [0.5, 0.6) is 0 Å². The van der Waals surface area contributed by atoms with E-state index in [1.807, 2.05) is 26.8 Å². The number of anilines is 1. The van der Waals surface area contributed by atoms with E-state index >= 15 is 0 Å².